The summed E-state index contributed by atoms with van der Waals surface area (Å²) in [4.78, 5) is 11.4. The Morgan fingerprint density at radius 1 is 0.900 bits per heavy atom. The van der Waals surface area contributed by atoms with Gasteiger partial charge >= 0.3 is 0 Å². The second kappa shape index (κ2) is 7.72. The van der Waals surface area contributed by atoms with E-state index in [1.165, 1.54) is 5.56 Å². The van der Waals surface area contributed by atoms with Crippen LogP contribution in [0.4, 0.5) is 5.69 Å². The van der Waals surface area contributed by atoms with Crippen molar-refractivity contribution in [3.05, 3.63) is 108 Å². The Morgan fingerprint density at radius 2 is 1.73 bits per heavy atom. The van der Waals surface area contributed by atoms with E-state index in [1.54, 1.807) is 0 Å². The third-order valence-electron chi connectivity index (χ3n) is 5.36. The first-order valence-electron chi connectivity index (χ1n) is 9.88. The highest BCUT2D eigenvalue weighted by Crippen LogP contribution is 2.42. The largest absolute Gasteiger partial charge is 0.351 e. The van der Waals surface area contributed by atoms with Crippen molar-refractivity contribution in [3.63, 3.8) is 0 Å². The van der Waals surface area contributed by atoms with Gasteiger partial charge in [-0.3, -0.25) is 4.98 Å². The summed E-state index contributed by atoms with van der Waals surface area (Å²) < 4.78 is 2.12. The normalized spacial score (nSPS) is 18.4. The van der Waals surface area contributed by atoms with Gasteiger partial charge in [-0.25, -0.2) is 4.98 Å². The number of anilines is 1. The van der Waals surface area contributed by atoms with Crippen LogP contribution in [-0.2, 0) is 0 Å². The van der Waals surface area contributed by atoms with E-state index in [-0.39, 0.29) is 12.1 Å². The van der Waals surface area contributed by atoms with Gasteiger partial charge < -0.3 is 14.8 Å². The monoisotopic (exact) mass is 411 g/mol. The van der Waals surface area contributed by atoms with Gasteiger partial charge in [0.15, 0.2) is 5.11 Å². The summed E-state index contributed by atoms with van der Waals surface area (Å²) in [5.74, 6) is 0.874. The molecule has 0 spiro atoms. The number of hydrogen-bond acceptors (Lipinski definition) is 3. The minimum absolute atomic E-state index is 0.0776. The Kier molecular flexibility index (Phi) is 4.77. The SMILES string of the molecule is Cc1cccc(N2C(=S)N[C@H](c3ccccn3)[C@@H]2c2cccn2-c2ccccn2)c1. The number of pyridine rings is 2. The number of aromatic nitrogens is 3. The lowest BCUT2D eigenvalue weighted by atomic mass is 10.0. The summed E-state index contributed by atoms with van der Waals surface area (Å²) in [6.45, 7) is 2.10. The summed E-state index contributed by atoms with van der Waals surface area (Å²) in [6, 6.07) is 24.4. The Bertz CT molecular complexity index is 1170. The molecular formula is C24H21N5S. The molecule has 4 heterocycles. The van der Waals surface area contributed by atoms with Crippen LogP contribution >= 0.6 is 12.2 Å². The van der Waals surface area contributed by atoms with Crippen LogP contribution in [0.2, 0.25) is 0 Å². The predicted molar refractivity (Wildman–Crippen MR) is 123 cm³/mol. The predicted octanol–water partition coefficient (Wildman–Crippen LogP) is 4.75. The Labute approximate surface area is 181 Å². The molecule has 0 unspecified atom stereocenters. The molecule has 4 aromatic rings. The van der Waals surface area contributed by atoms with E-state index in [0.717, 1.165) is 22.9 Å². The summed E-state index contributed by atoms with van der Waals surface area (Å²) in [7, 11) is 0. The van der Waals surface area contributed by atoms with Crippen LogP contribution in [0.15, 0.2) is 91.4 Å². The number of thiocarbonyl (C=S) groups is 1. The molecule has 5 rings (SSSR count). The summed E-state index contributed by atoms with van der Waals surface area (Å²) >= 11 is 5.82. The molecule has 1 N–H and O–H groups in total. The number of nitrogens with one attached hydrogen (secondary N) is 1. The van der Waals surface area contributed by atoms with Gasteiger partial charge in [0.2, 0.25) is 0 Å². The molecule has 0 saturated carbocycles. The van der Waals surface area contributed by atoms with E-state index in [4.69, 9.17) is 12.2 Å². The van der Waals surface area contributed by atoms with Gasteiger partial charge in [0.25, 0.3) is 0 Å². The number of rotatable bonds is 4. The van der Waals surface area contributed by atoms with Gasteiger partial charge in [0.1, 0.15) is 11.9 Å². The third kappa shape index (κ3) is 3.25. The first-order chi connectivity index (χ1) is 14.7. The smallest absolute Gasteiger partial charge is 0.174 e. The van der Waals surface area contributed by atoms with Crippen molar-refractivity contribution in [2.75, 3.05) is 4.90 Å². The van der Waals surface area contributed by atoms with Gasteiger partial charge in [0, 0.05) is 30.0 Å². The van der Waals surface area contributed by atoms with Gasteiger partial charge in [-0.2, -0.15) is 0 Å². The Balaban J connectivity index is 1.68. The molecule has 2 atom stereocenters. The van der Waals surface area contributed by atoms with Crippen LogP contribution in [0.1, 0.15) is 29.0 Å². The molecule has 0 bridgehead atoms. The van der Waals surface area contributed by atoms with Crippen molar-refractivity contribution in [1.29, 1.82) is 0 Å². The molecule has 3 aromatic heterocycles. The lowest BCUT2D eigenvalue weighted by molar-refractivity contribution is 0.548. The van der Waals surface area contributed by atoms with Crippen LogP contribution in [0.25, 0.3) is 5.82 Å². The first kappa shape index (κ1) is 18.5. The van der Waals surface area contributed by atoms with E-state index in [1.807, 2.05) is 55.0 Å². The average molecular weight is 412 g/mol. The van der Waals surface area contributed by atoms with Gasteiger partial charge in [-0.05, 0) is 73.2 Å². The molecular weight excluding hydrogens is 390 g/mol. The van der Waals surface area contributed by atoms with Crippen LogP contribution in [0.3, 0.4) is 0 Å². The summed E-state index contributed by atoms with van der Waals surface area (Å²) in [6.07, 6.45) is 5.68. The second-order valence-electron chi connectivity index (χ2n) is 7.33. The zero-order valence-electron chi connectivity index (χ0n) is 16.5. The van der Waals surface area contributed by atoms with E-state index in [0.29, 0.717) is 5.11 Å². The molecule has 30 heavy (non-hydrogen) atoms. The highest BCUT2D eigenvalue weighted by Gasteiger charge is 2.42. The van der Waals surface area contributed by atoms with E-state index >= 15 is 0 Å². The van der Waals surface area contributed by atoms with E-state index in [9.17, 15) is 0 Å². The third-order valence-corrected chi connectivity index (χ3v) is 5.67. The molecule has 148 valence electrons. The highest BCUT2D eigenvalue weighted by atomic mass is 32.1. The summed E-state index contributed by atoms with van der Waals surface area (Å²) in [5, 5.41) is 4.21. The maximum atomic E-state index is 5.82. The molecule has 0 radical (unpaired) electrons. The van der Waals surface area contributed by atoms with Crippen molar-refractivity contribution in [1.82, 2.24) is 19.9 Å². The lowest BCUT2D eigenvalue weighted by Crippen LogP contribution is -2.30. The minimum atomic E-state index is -0.0865. The Morgan fingerprint density at radius 3 is 2.47 bits per heavy atom. The number of hydrogen-bond donors (Lipinski definition) is 1. The Hall–Kier alpha value is -3.51. The molecule has 1 saturated heterocycles. The minimum Gasteiger partial charge on any atom is -0.351 e. The van der Waals surface area contributed by atoms with E-state index in [2.05, 4.69) is 68.1 Å². The van der Waals surface area contributed by atoms with Crippen LogP contribution in [0, 0.1) is 6.92 Å². The molecule has 5 nitrogen and oxygen atoms in total. The molecule has 1 aliphatic rings. The fourth-order valence-corrected chi connectivity index (χ4v) is 4.40. The van der Waals surface area contributed by atoms with Crippen molar-refractivity contribution in [2.24, 2.45) is 0 Å². The number of aryl methyl sites for hydroxylation is 1. The van der Waals surface area contributed by atoms with Crippen molar-refractivity contribution in [3.8, 4) is 5.82 Å². The maximum absolute atomic E-state index is 5.82. The van der Waals surface area contributed by atoms with Crippen molar-refractivity contribution < 1.29 is 0 Å². The average Bonchev–Trinajstić information content (AvgIpc) is 3.39. The zero-order chi connectivity index (χ0) is 20.5. The topological polar surface area (TPSA) is 46.0 Å². The second-order valence-corrected chi connectivity index (χ2v) is 7.71. The molecule has 6 heteroatoms. The van der Waals surface area contributed by atoms with Gasteiger partial charge in [0.05, 0.1) is 11.7 Å². The van der Waals surface area contributed by atoms with Crippen molar-refractivity contribution in [2.45, 2.75) is 19.0 Å². The first-order valence-corrected chi connectivity index (χ1v) is 10.3. The molecule has 1 aromatic carbocycles. The fourth-order valence-electron chi connectivity index (χ4n) is 4.05. The van der Waals surface area contributed by atoms with Gasteiger partial charge in [-0.1, -0.05) is 24.3 Å². The quantitative estimate of drug-likeness (QED) is 0.491. The van der Waals surface area contributed by atoms with Crippen LogP contribution in [0.5, 0.6) is 0 Å². The van der Waals surface area contributed by atoms with Gasteiger partial charge in [-0.15, -0.1) is 0 Å². The highest BCUT2D eigenvalue weighted by molar-refractivity contribution is 7.80. The molecule has 0 aliphatic carbocycles. The molecule has 1 aliphatic heterocycles. The standard InChI is InChI=1S/C24H21N5S/c1-17-8-6-9-18(16-17)29-23(22(27-24(29)30)19-10-2-4-13-25-19)20-11-7-15-28(20)21-12-3-5-14-26-21/h2-16,22-23H,1H3,(H,27,30)/t22-,23+/m1/s1. The lowest BCUT2D eigenvalue weighted by Gasteiger charge is -2.29. The number of benzene rings is 1. The fraction of sp³-hybridized carbons (Fsp3) is 0.125. The van der Waals surface area contributed by atoms with Crippen molar-refractivity contribution >= 4 is 23.0 Å². The van der Waals surface area contributed by atoms with E-state index < -0.39 is 0 Å². The molecule has 0 amide bonds. The molecule has 1 fully saturated rings. The number of nitrogens with zero attached hydrogens (tertiary/aromatic N) is 4. The van der Waals surface area contributed by atoms with Crippen LogP contribution in [-0.4, -0.2) is 19.6 Å². The zero-order valence-corrected chi connectivity index (χ0v) is 17.3. The van der Waals surface area contributed by atoms with Crippen LogP contribution < -0.4 is 10.2 Å². The maximum Gasteiger partial charge on any atom is 0.174 e. The summed E-state index contributed by atoms with van der Waals surface area (Å²) in [5.41, 5.74) is 4.30.